The van der Waals surface area contributed by atoms with Crippen LogP contribution >= 0.6 is 34.2 Å². The fraction of sp³-hybridized carbons (Fsp3) is 0.562. The summed E-state index contributed by atoms with van der Waals surface area (Å²) < 4.78 is 0.959. The minimum absolute atomic E-state index is 0.0492. The first-order chi connectivity index (χ1) is 9.35. The van der Waals surface area contributed by atoms with Gasteiger partial charge in [0, 0.05) is 15.7 Å². The van der Waals surface area contributed by atoms with Gasteiger partial charge in [-0.05, 0) is 52.6 Å². The number of benzene rings is 1. The molecule has 0 heterocycles. The zero-order valence-corrected chi connectivity index (χ0v) is 15.3. The first-order valence-corrected chi connectivity index (χ1v) is 8.54. The van der Waals surface area contributed by atoms with E-state index in [1.54, 1.807) is 6.07 Å². The summed E-state index contributed by atoms with van der Waals surface area (Å²) in [6.07, 6.45) is 4.83. The Morgan fingerprint density at radius 2 is 2.05 bits per heavy atom. The van der Waals surface area contributed by atoms with Crippen LogP contribution in [-0.2, 0) is 0 Å². The van der Waals surface area contributed by atoms with Crippen molar-refractivity contribution < 1.29 is 4.79 Å². The van der Waals surface area contributed by atoms with Crippen molar-refractivity contribution in [2.75, 3.05) is 6.54 Å². The highest BCUT2D eigenvalue weighted by molar-refractivity contribution is 14.1. The Bertz CT molecular complexity index is 460. The molecule has 0 fully saturated rings. The Morgan fingerprint density at radius 3 is 2.65 bits per heavy atom. The molecule has 0 spiro atoms. The Kier molecular flexibility index (Phi) is 7.30. The maximum atomic E-state index is 12.1. The number of carbonyl (C=O) groups is 1. The molecule has 0 radical (unpaired) electrons. The van der Waals surface area contributed by atoms with E-state index >= 15 is 0 Å². The van der Waals surface area contributed by atoms with Crippen LogP contribution in [0, 0.1) is 8.99 Å². The fourth-order valence-electron chi connectivity index (χ4n) is 2.00. The zero-order chi connectivity index (χ0) is 15.2. The van der Waals surface area contributed by atoms with Crippen LogP contribution in [0.1, 0.15) is 56.8 Å². The third-order valence-corrected chi connectivity index (χ3v) is 4.94. The predicted octanol–water partition coefficient (Wildman–Crippen LogP) is 5.28. The number of nitrogens with one attached hydrogen (secondary N) is 1. The fourth-order valence-corrected chi connectivity index (χ4v) is 2.52. The molecule has 1 aromatic carbocycles. The maximum Gasteiger partial charge on any atom is 0.251 e. The molecule has 1 N–H and O–H groups in total. The molecule has 0 aliphatic carbocycles. The quantitative estimate of drug-likeness (QED) is 0.483. The van der Waals surface area contributed by atoms with E-state index in [2.05, 4.69) is 48.7 Å². The van der Waals surface area contributed by atoms with E-state index in [0.29, 0.717) is 17.1 Å². The molecule has 1 amide bonds. The predicted molar refractivity (Wildman–Crippen MR) is 94.4 cm³/mol. The lowest BCUT2D eigenvalue weighted by molar-refractivity contribution is 0.0934. The van der Waals surface area contributed by atoms with Gasteiger partial charge in [-0.2, -0.15) is 0 Å². The Labute approximate surface area is 140 Å². The first kappa shape index (κ1) is 17.8. The van der Waals surface area contributed by atoms with Crippen molar-refractivity contribution in [1.29, 1.82) is 0 Å². The lowest BCUT2D eigenvalue weighted by Gasteiger charge is -2.25. The number of rotatable bonds is 7. The van der Waals surface area contributed by atoms with Gasteiger partial charge < -0.3 is 5.32 Å². The molecule has 112 valence electrons. The van der Waals surface area contributed by atoms with Gasteiger partial charge in [0.1, 0.15) is 0 Å². The van der Waals surface area contributed by atoms with Crippen molar-refractivity contribution >= 4 is 40.1 Å². The van der Waals surface area contributed by atoms with Gasteiger partial charge in [0.25, 0.3) is 5.91 Å². The molecular formula is C16H23ClINO. The molecule has 1 aromatic rings. The molecule has 0 aromatic heterocycles. The molecule has 0 aliphatic heterocycles. The number of amides is 1. The average molecular weight is 408 g/mol. The highest BCUT2D eigenvalue weighted by Crippen LogP contribution is 2.23. The van der Waals surface area contributed by atoms with Crippen molar-refractivity contribution in [3.63, 3.8) is 0 Å². The normalized spacial score (nSPS) is 11.4. The van der Waals surface area contributed by atoms with Gasteiger partial charge in [0.15, 0.2) is 0 Å². The van der Waals surface area contributed by atoms with Crippen LogP contribution < -0.4 is 5.32 Å². The summed E-state index contributed by atoms with van der Waals surface area (Å²) in [5.74, 6) is -0.0492. The van der Waals surface area contributed by atoms with Gasteiger partial charge in [-0.15, -0.1) is 0 Å². The molecule has 0 atom stereocenters. The molecule has 0 aliphatic rings. The molecule has 4 heteroatoms. The summed E-state index contributed by atoms with van der Waals surface area (Å²) in [7, 11) is 0. The largest absolute Gasteiger partial charge is 0.352 e. The summed E-state index contributed by atoms with van der Waals surface area (Å²) in [5, 5.41) is 3.64. The molecule has 0 bridgehead atoms. The van der Waals surface area contributed by atoms with E-state index in [0.717, 1.165) is 9.99 Å². The van der Waals surface area contributed by atoms with Gasteiger partial charge in [-0.3, -0.25) is 4.79 Å². The van der Waals surface area contributed by atoms with E-state index in [9.17, 15) is 4.79 Å². The minimum Gasteiger partial charge on any atom is -0.352 e. The molecule has 0 saturated carbocycles. The van der Waals surface area contributed by atoms with Crippen molar-refractivity contribution in [2.24, 2.45) is 5.41 Å². The highest BCUT2D eigenvalue weighted by Gasteiger charge is 2.19. The lowest BCUT2D eigenvalue weighted by Crippen LogP contribution is -2.34. The SMILES string of the molecule is CCCCCC(C)(C)CNC(=O)c1ccc(I)c(Cl)c1. The highest BCUT2D eigenvalue weighted by atomic mass is 127. The molecule has 0 saturated heterocycles. The van der Waals surface area contributed by atoms with Gasteiger partial charge in [-0.25, -0.2) is 0 Å². The van der Waals surface area contributed by atoms with Crippen molar-refractivity contribution in [1.82, 2.24) is 5.32 Å². The Balaban J connectivity index is 2.51. The molecule has 1 rings (SSSR count). The smallest absolute Gasteiger partial charge is 0.251 e. The second-order valence-corrected chi connectivity index (χ2v) is 7.50. The second-order valence-electron chi connectivity index (χ2n) is 5.93. The average Bonchev–Trinajstić information content (AvgIpc) is 2.39. The van der Waals surface area contributed by atoms with E-state index in [4.69, 9.17) is 11.6 Å². The second kappa shape index (κ2) is 8.23. The van der Waals surface area contributed by atoms with Crippen molar-refractivity contribution in [3.8, 4) is 0 Å². The van der Waals surface area contributed by atoms with E-state index in [-0.39, 0.29) is 11.3 Å². The number of unbranched alkanes of at least 4 members (excludes halogenated alkanes) is 2. The van der Waals surface area contributed by atoms with E-state index in [1.807, 2.05) is 12.1 Å². The maximum absolute atomic E-state index is 12.1. The Morgan fingerprint density at radius 1 is 1.35 bits per heavy atom. The topological polar surface area (TPSA) is 29.1 Å². The van der Waals surface area contributed by atoms with Crippen molar-refractivity contribution in [3.05, 3.63) is 32.4 Å². The van der Waals surface area contributed by atoms with Crippen LogP contribution in [0.25, 0.3) is 0 Å². The van der Waals surface area contributed by atoms with E-state index < -0.39 is 0 Å². The van der Waals surface area contributed by atoms with Crippen LogP contribution in [0.15, 0.2) is 18.2 Å². The monoisotopic (exact) mass is 407 g/mol. The van der Waals surface area contributed by atoms with Crippen LogP contribution in [0.3, 0.4) is 0 Å². The van der Waals surface area contributed by atoms with Crippen molar-refractivity contribution in [2.45, 2.75) is 46.5 Å². The van der Waals surface area contributed by atoms with Crippen LogP contribution in [-0.4, -0.2) is 12.5 Å². The summed E-state index contributed by atoms with van der Waals surface area (Å²) in [4.78, 5) is 12.1. The van der Waals surface area contributed by atoms with Gasteiger partial charge in [0.2, 0.25) is 0 Å². The lowest BCUT2D eigenvalue weighted by atomic mass is 9.87. The summed E-state index contributed by atoms with van der Waals surface area (Å²) in [6.45, 7) is 7.29. The van der Waals surface area contributed by atoms with Gasteiger partial charge in [0.05, 0.1) is 5.02 Å². The van der Waals surface area contributed by atoms with Crippen LogP contribution in [0.5, 0.6) is 0 Å². The zero-order valence-electron chi connectivity index (χ0n) is 12.4. The number of halogens is 2. The van der Waals surface area contributed by atoms with Crippen LogP contribution in [0.4, 0.5) is 0 Å². The minimum atomic E-state index is -0.0492. The molecular weight excluding hydrogens is 385 g/mol. The third-order valence-electron chi connectivity index (χ3n) is 3.37. The molecule has 2 nitrogen and oxygen atoms in total. The molecule has 20 heavy (non-hydrogen) atoms. The number of hydrogen-bond donors (Lipinski definition) is 1. The number of hydrogen-bond acceptors (Lipinski definition) is 1. The molecule has 0 unspecified atom stereocenters. The standard InChI is InChI=1S/C16H23ClINO/c1-4-5-6-9-16(2,3)11-19-15(20)12-7-8-14(18)13(17)10-12/h7-8,10H,4-6,9,11H2,1-3H3,(H,19,20). The third kappa shape index (κ3) is 6.00. The van der Waals surface area contributed by atoms with Crippen LogP contribution in [0.2, 0.25) is 5.02 Å². The van der Waals surface area contributed by atoms with Gasteiger partial charge in [-0.1, -0.05) is 51.6 Å². The first-order valence-electron chi connectivity index (χ1n) is 7.09. The Hall–Kier alpha value is -0.290. The summed E-state index contributed by atoms with van der Waals surface area (Å²) in [5.41, 5.74) is 0.762. The number of carbonyl (C=O) groups excluding carboxylic acids is 1. The van der Waals surface area contributed by atoms with E-state index in [1.165, 1.54) is 19.3 Å². The summed E-state index contributed by atoms with van der Waals surface area (Å²) in [6, 6.07) is 5.40. The van der Waals surface area contributed by atoms with Gasteiger partial charge >= 0.3 is 0 Å². The summed E-state index contributed by atoms with van der Waals surface area (Å²) >= 11 is 8.20.